The van der Waals surface area contributed by atoms with Gasteiger partial charge in [-0.3, -0.25) is 4.79 Å². The molecule has 0 saturated carbocycles. The van der Waals surface area contributed by atoms with E-state index in [1.807, 2.05) is 0 Å². The number of nitrogens with one attached hydrogen (secondary N) is 2. The van der Waals surface area contributed by atoms with E-state index in [9.17, 15) is 18.0 Å². The van der Waals surface area contributed by atoms with Crippen molar-refractivity contribution >= 4 is 17.4 Å². The largest absolute Gasteiger partial charge is 0.418 e. The Morgan fingerprint density at radius 2 is 2.00 bits per heavy atom. The molecule has 0 aliphatic carbocycles. The van der Waals surface area contributed by atoms with Gasteiger partial charge in [-0.15, -0.1) is 27.0 Å². The molecule has 1 aromatic carbocycles. The van der Waals surface area contributed by atoms with Gasteiger partial charge in [0.25, 0.3) is 5.89 Å². The predicted molar refractivity (Wildman–Crippen MR) is 98.5 cm³/mol. The first kappa shape index (κ1) is 19.6. The minimum atomic E-state index is -4.43. The molecule has 156 valence electrons. The van der Waals surface area contributed by atoms with Gasteiger partial charge in [-0.25, -0.2) is 0 Å². The highest BCUT2D eigenvalue weighted by Gasteiger charge is 2.46. The number of benzene rings is 1. The van der Waals surface area contributed by atoms with Crippen molar-refractivity contribution in [1.29, 1.82) is 0 Å². The molecule has 12 heteroatoms. The number of carbonyl (C=O) groups is 1. The summed E-state index contributed by atoms with van der Waals surface area (Å²) >= 11 is 0. The zero-order chi connectivity index (χ0) is 21.5. The SMILES string of the molecule is C=C[C@@]1(c2nnc(-c3nn(C)nc3Nc3ccc(C(F)(F)F)cc3)o2)CCNC1=O. The van der Waals surface area contributed by atoms with Crippen LogP contribution in [0.4, 0.5) is 24.7 Å². The van der Waals surface area contributed by atoms with Gasteiger partial charge in [-0.2, -0.15) is 18.0 Å². The second-order valence-corrected chi connectivity index (χ2v) is 6.68. The second-order valence-electron chi connectivity index (χ2n) is 6.68. The van der Waals surface area contributed by atoms with E-state index < -0.39 is 17.2 Å². The Morgan fingerprint density at radius 3 is 2.60 bits per heavy atom. The van der Waals surface area contributed by atoms with Crippen LogP contribution in [-0.2, 0) is 23.4 Å². The summed E-state index contributed by atoms with van der Waals surface area (Å²) in [6, 6.07) is 4.46. The lowest BCUT2D eigenvalue weighted by Gasteiger charge is -2.15. The van der Waals surface area contributed by atoms with Crippen molar-refractivity contribution in [3.05, 3.63) is 48.4 Å². The number of aromatic nitrogens is 5. The minimum Gasteiger partial charge on any atom is -0.418 e. The van der Waals surface area contributed by atoms with Gasteiger partial charge in [-0.05, 0) is 30.7 Å². The molecule has 2 aromatic heterocycles. The van der Waals surface area contributed by atoms with Crippen LogP contribution in [0, 0.1) is 0 Å². The average Bonchev–Trinajstić information content (AvgIpc) is 3.40. The first-order valence-corrected chi connectivity index (χ1v) is 8.85. The molecule has 0 spiro atoms. The van der Waals surface area contributed by atoms with Crippen LogP contribution in [0.2, 0.25) is 0 Å². The molecule has 2 N–H and O–H groups in total. The second kappa shape index (κ2) is 6.97. The molecule has 1 fully saturated rings. The molecule has 1 saturated heterocycles. The van der Waals surface area contributed by atoms with Crippen molar-refractivity contribution in [2.24, 2.45) is 7.05 Å². The summed E-state index contributed by atoms with van der Waals surface area (Å²) in [6.07, 6.45) is -2.54. The number of hydrogen-bond acceptors (Lipinski definition) is 7. The van der Waals surface area contributed by atoms with E-state index in [2.05, 4.69) is 37.6 Å². The summed E-state index contributed by atoms with van der Waals surface area (Å²) in [5.74, 6) is 0.00741. The van der Waals surface area contributed by atoms with Crippen LogP contribution in [0.3, 0.4) is 0 Å². The number of carbonyl (C=O) groups excluding carboxylic acids is 1. The molecule has 30 heavy (non-hydrogen) atoms. The zero-order valence-electron chi connectivity index (χ0n) is 15.7. The molecule has 1 amide bonds. The third-order valence-corrected chi connectivity index (χ3v) is 4.76. The lowest BCUT2D eigenvalue weighted by atomic mass is 9.86. The number of nitrogens with zero attached hydrogens (tertiary/aromatic N) is 5. The number of aryl methyl sites for hydroxylation is 1. The monoisotopic (exact) mass is 419 g/mol. The van der Waals surface area contributed by atoms with Crippen molar-refractivity contribution in [3.63, 3.8) is 0 Å². The molecule has 0 bridgehead atoms. The minimum absolute atomic E-state index is 0.00781. The summed E-state index contributed by atoms with van der Waals surface area (Å²) in [7, 11) is 1.56. The summed E-state index contributed by atoms with van der Waals surface area (Å²) in [5, 5.41) is 21.9. The van der Waals surface area contributed by atoms with Crippen molar-refractivity contribution in [3.8, 4) is 11.6 Å². The fourth-order valence-electron chi connectivity index (χ4n) is 3.14. The maximum Gasteiger partial charge on any atom is 0.416 e. The van der Waals surface area contributed by atoms with E-state index >= 15 is 0 Å². The van der Waals surface area contributed by atoms with Crippen LogP contribution < -0.4 is 10.6 Å². The molecule has 1 aliphatic heterocycles. The highest BCUT2D eigenvalue weighted by atomic mass is 19.4. The Hall–Kier alpha value is -3.70. The first-order valence-electron chi connectivity index (χ1n) is 8.85. The normalized spacial score (nSPS) is 19.0. The fraction of sp³-hybridized carbons (Fsp3) is 0.278. The van der Waals surface area contributed by atoms with Crippen molar-refractivity contribution in [2.75, 3.05) is 11.9 Å². The van der Waals surface area contributed by atoms with Crippen LogP contribution in [0.5, 0.6) is 0 Å². The molecule has 4 rings (SSSR count). The van der Waals surface area contributed by atoms with Gasteiger partial charge in [0.1, 0.15) is 5.41 Å². The van der Waals surface area contributed by atoms with Crippen molar-refractivity contribution in [2.45, 2.75) is 18.0 Å². The van der Waals surface area contributed by atoms with Gasteiger partial charge >= 0.3 is 6.18 Å². The third kappa shape index (κ3) is 3.29. The summed E-state index contributed by atoms with van der Waals surface area (Å²) in [4.78, 5) is 13.5. The van der Waals surface area contributed by atoms with E-state index in [1.165, 1.54) is 23.0 Å². The zero-order valence-corrected chi connectivity index (χ0v) is 15.7. The molecular formula is C18H16F3N7O2. The van der Waals surface area contributed by atoms with Crippen LogP contribution in [0.1, 0.15) is 17.9 Å². The standard InChI is InChI=1S/C18H16F3N7O2/c1-3-17(8-9-22-15(17)29)16-25-24-14(30-16)12-13(27-28(2)26-12)23-11-6-4-10(5-7-11)18(19,20)21/h3-7H,1,8-9H2,2H3,(H,22,29)(H,23,27)/t17-/m1/s1. The number of amides is 1. The molecule has 0 unspecified atom stereocenters. The molecule has 1 atom stereocenters. The topological polar surface area (TPSA) is 111 Å². The Morgan fingerprint density at radius 1 is 1.27 bits per heavy atom. The van der Waals surface area contributed by atoms with Gasteiger partial charge in [0.05, 0.1) is 5.56 Å². The van der Waals surface area contributed by atoms with Crippen LogP contribution in [0.15, 0.2) is 41.3 Å². The summed E-state index contributed by atoms with van der Waals surface area (Å²) in [6.45, 7) is 4.17. The molecule has 3 heterocycles. The smallest absolute Gasteiger partial charge is 0.416 e. The Bertz CT molecular complexity index is 1100. The van der Waals surface area contributed by atoms with E-state index in [-0.39, 0.29) is 29.2 Å². The number of halogens is 3. The van der Waals surface area contributed by atoms with Gasteiger partial charge < -0.3 is 15.1 Å². The average molecular weight is 419 g/mol. The van der Waals surface area contributed by atoms with Gasteiger partial charge in [0.15, 0.2) is 11.5 Å². The molecule has 1 aliphatic rings. The van der Waals surface area contributed by atoms with Crippen molar-refractivity contribution < 1.29 is 22.4 Å². The van der Waals surface area contributed by atoms with Crippen LogP contribution in [0.25, 0.3) is 11.6 Å². The number of hydrogen-bond donors (Lipinski definition) is 2. The van der Waals surface area contributed by atoms with Crippen LogP contribution in [-0.4, -0.2) is 37.6 Å². The highest BCUT2D eigenvalue weighted by molar-refractivity contribution is 5.91. The fourth-order valence-corrected chi connectivity index (χ4v) is 3.14. The maximum absolute atomic E-state index is 12.7. The van der Waals surface area contributed by atoms with E-state index in [0.717, 1.165) is 12.1 Å². The highest BCUT2D eigenvalue weighted by Crippen LogP contribution is 2.35. The Labute approximate surface area is 168 Å². The third-order valence-electron chi connectivity index (χ3n) is 4.76. The van der Waals surface area contributed by atoms with E-state index in [1.54, 1.807) is 7.05 Å². The number of alkyl halides is 3. The lowest BCUT2D eigenvalue weighted by Crippen LogP contribution is -2.33. The van der Waals surface area contributed by atoms with Crippen molar-refractivity contribution in [1.82, 2.24) is 30.5 Å². The molecule has 3 aromatic rings. The van der Waals surface area contributed by atoms with Gasteiger partial charge in [-0.1, -0.05) is 6.08 Å². The first-order chi connectivity index (χ1) is 14.2. The molecular weight excluding hydrogens is 403 g/mol. The van der Waals surface area contributed by atoms with Gasteiger partial charge in [0, 0.05) is 19.3 Å². The summed E-state index contributed by atoms with van der Waals surface area (Å²) < 4.78 is 43.9. The molecule has 9 nitrogen and oxygen atoms in total. The number of rotatable bonds is 5. The Balaban J connectivity index is 1.64. The quantitative estimate of drug-likeness (QED) is 0.612. The predicted octanol–water partition coefficient (Wildman–Crippen LogP) is 2.57. The van der Waals surface area contributed by atoms with Crippen LogP contribution >= 0.6 is 0 Å². The lowest BCUT2D eigenvalue weighted by molar-refractivity contribution is -0.137. The maximum atomic E-state index is 12.7. The number of anilines is 2. The van der Waals surface area contributed by atoms with E-state index in [0.29, 0.717) is 18.7 Å². The Kier molecular flexibility index (Phi) is 4.56. The summed E-state index contributed by atoms with van der Waals surface area (Å²) in [5.41, 5.74) is -1.33. The van der Waals surface area contributed by atoms with Gasteiger partial charge in [0.2, 0.25) is 11.8 Å². The molecule has 0 radical (unpaired) electrons. The van der Waals surface area contributed by atoms with E-state index in [4.69, 9.17) is 4.42 Å².